The Hall–Kier alpha value is -1.62. The van der Waals surface area contributed by atoms with Crippen molar-refractivity contribution in [2.24, 2.45) is 17.8 Å². The SMILES string of the molecule is C[C@@H](NC(=O)CN1CCN(c2ccccn2)CC1)[C@@H]1C[C@H]2CC[C@H]1C2. The van der Waals surface area contributed by atoms with Crippen molar-refractivity contribution in [3.05, 3.63) is 24.4 Å². The number of nitrogens with zero attached hydrogens (tertiary/aromatic N) is 3. The average Bonchev–Trinajstić information content (AvgIpc) is 3.26. The second kappa shape index (κ2) is 7.32. The Bertz CT molecular complexity index is 585. The molecule has 4 atom stereocenters. The number of nitrogens with one attached hydrogen (secondary N) is 1. The van der Waals surface area contributed by atoms with Crippen LogP contribution in [0.25, 0.3) is 0 Å². The van der Waals surface area contributed by atoms with E-state index in [1.807, 2.05) is 18.3 Å². The van der Waals surface area contributed by atoms with Crippen LogP contribution in [-0.4, -0.2) is 54.6 Å². The van der Waals surface area contributed by atoms with Crippen LogP contribution in [0.3, 0.4) is 0 Å². The molecule has 1 aliphatic heterocycles. The molecule has 2 heterocycles. The average molecular weight is 342 g/mol. The molecule has 0 unspecified atom stereocenters. The number of carbonyl (C=O) groups is 1. The van der Waals surface area contributed by atoms with Gasteiger partial charge >= 0.3 is 0 Å². The molecule has 3 fully saturated rings. The van der Waals surface area contributed by atoms with Crippen molar-refractivity contribution >= 4 is 11.7 Å². The number of hydrogen-bond acceptors (Lipinski definition) is 4. The molecule has 0 aromatic carbocycles. The second-order valence-corrected chi connectivity index (χ2v) is 8.15. The molecule has 1 N–H and O–H groups in total. The number of pyridine rings is 1. The standard InChI is InChI=1S/C20H30N4O/c1-15(18-13-16-5-6-17(18)12-16)22-20(25)14-23-8-10-24(11-9-23)19-4-2-3-7-21-19/h2-4,7,15-18H,5-6,8-14H2,1H3,(H,22,25)/t15-,16+,17+,18+/m1/s1. The maximum Gasteiger partial charge on any atom is 0.234 e. The van der Waals surface area contributed by atoms with Crippen molar-refractivity contribution in [1.82, 2.24) is 15.2 Å². The summed E-state index contributed by atoms with van der Waals surface area (Å²) in [6.45, 7) is 6.46. The summed E-state index contributed by atoms with van der Waals surface area (Å²) in [6.07, 6.45) is 7.37. The Labute approximate surface area is 150 Å². The first kappa shape index (κ1) is 16.8. The van der Waals surface area contributed by atoms with E-state index >= 15 is 0 Å². The molecule has 25 heavy (non-hydrogen) atoms. The maximum absolute atomic E-state index is 12.5. The lowest BCUT2D eigenvalue weighted by molar-refractivity contribution is -0.123. The van der Waals surface area contributed by atoms with Crippen LogP contribution in [-0.2, 0) is 4.79 Å². The minimum atomic E-state index is 0.196. The lowest BCUT2D eigenvalue weighted by Crippen LogP contribution is -2.51. The summed E-state index contributed by atoms with van der Waals surface area (Å²) < 4.78 is 0. The van der Waals surface area contributed by atoms with E-state index in [4.69, 9.17) is 0 Å². The van der Waals surface area contributed by atoms with E-state index in [1.54, 1.807) is 0 Å². The van der Waals surface area contributed by atoms with Crippen molar-refractivity contribution in [2.75, 3.05) is 37.6 Å². The van der Waals surface area contributed by atoms with Gasteiger partial charge in [0.1, 0.15) is 5.82 Å². The third-order valence-corrected chi connectivity index (χ3v) is 6.54. The zero-order chi connectivity index (χ0) is 17.2. The number of aromatic nitrogens is 1. The van der Waals surface area contributed by atoms with Crippen molar-refractivity contribution in [3.63, 3.8) is 0 Å². The Morgan fingerprint density at radius 3 is 2.72 bits per heavy atom. The summed E-state index contributed by atoms with van der Waals surface area (Å²) >= 11 is 0. The van der Waals surface area contributed by atoms with Crippen LogP contribution in [0.5, 0.6) is 0 Å². The topological polar surface area (TPSA) is 48.5 Å². The van der Waals surface area contributed by atoms with Gasteiger partial charge < -0.3 is 10.2 Å². The third-order valence-electron chi connectivity index (χ3n) is 6.54. The molecule has 3 aliphatic rings. The first-order valence-corrected chi connectivity index (χ1v) is 9.87. The molecule has 136 valence electrons. The van der Waals surface area contributed by atoms with Gasteiger partial charge in [-0.1, -0.05) is 12.5 Å². The summed E-state index contributed by atoms with van der Waals surface area (Å²) in [5.41, 5.74) is 0. The fourth-order valence-corrected chi connectivity index (χ4v) is 5.19. The molecule has 5 nitrogen and oxygen atoms in total. The molecule has 1 amide bonds. The molecule has 0 spiro atoms. The van der Waals surface area contributed by atoms with Gasteiger partial charge in [0.25, 0.3) is 0 Å². The predicted octanol–water partition coefficient (Wildman–Crippen LogP) is 2.14. The fraction of sp³-hybridized carbons (Fsp3) is 0.700. The Kier molecular flexibility index (Phi) is 4.93. The molecule has 1 aromatic heterocycles. The van der Waals surface area contributed by atoms with Crippen LogP contribution in [0, 0.1) is 17.8 Å². The van der Waals surface area contributed by atoms with E-state index in [-0.39, 0.29) is 5.91 Å². The third kappa shape index (κ3) is 3.81. The highest BCUT2D eigenvalue weighted by Crippen LogP contribution is 2.49. The Morgan fingerprint density at radius 1 is 1.24 bits per heavy atom. The van der Waals surface area contributed by atoms with Gasteiger partial charge in [-0.3, -0.25) is 9.69 Å². The van der Waals surface area contributed by atoms with Gasteiger partial charge in [-0.2, -0.15) is 0 Å². The lowest BCUT2D eigenvalue weighted by atomic mass is 9.84. The monoisotopic (exact) mass is 342 g/mol. The number of anilines is 1. The number of rotatable bonds is 5. The van der Waals surface area contributed by atoms with E-state index in [0.29, 0.717) is 18.5 Å². The number of piperazine rings is 1. The molecule has 2 saturated carbocycles. The Morgan fingerprint density at radius 2 is 2.08 bits per heavy atom. The van der Waals surface area contributed by atoms with Crippen molar-refractivity contribution in [2.45, 2.75) is 38.6 Å². The van der Waals surface area contributed by atoms with Crippen molar-refractivity contribution in [1.29, 1.82) is 0 Å². The quantitative estimate of drug-likeness (QED) is 0.891. The van der Waals surface area contributed by atoms with Gasteiger partial charge in [-0.15, -0.1) is 0 Å². The first-order valence-electron chi connectivity index (χ1n) is 9.87. The van der Waals surface area contributed by atoms with Crippen LogP contribution in [0.4, 0.5) is 5.82 Å². The highest BCUT2D eigenvalue weighted by atomic mass is 16.2. The van der Waals surface area contributed by atoms with E-state index in [0.717, 1.165) is 43.8 Å². The highest BCUT2D eigenvalue weighted by molar-refractivity contribution is 5.78. The summed E-state index contributed by atoms with van der Waals surface area (Å²) in [5, 5.41) is 3.29. The van der Waals surface area contributed by atoms with Crippen LogP contribution >= 0.6 is 0 Å². The minimum absolute atomic E-state index is 0.196. The molecule has 1 saturated heterocycles. The normalized spacial score (nSPS) is 30.4. The summed E-state index contributed by atoms with van der Waals surface area (Å²) in [7, 11) is 0. The second-order valence-electron chi connectivity index (χ2n) is 8.15. The van der Waals surface area contributed by atoms with Gasteiger partial charge in [0.15, 0.2) is 0 Å². The lowest BCUT2D eigenvalue weighted by Gasteiger charge is -2.35. The minimum Gasteiger partial charge on any atom is -0.354 e. The number of fused-ring (bicyclic) bond motifs is 2. The maximum atomic E-state index is 12.5. The molecule has 0 radical (unpaired) electrons. The van der Waals surface area contributed by atoms with Crippen molar-refractivity contribution < 1.29 is 4.79 Å². The van der Waals surface area contributed by atoms with Gasteiger partial charge in [-0.05, 0) is 56.1 Å². The molecule has 1 aromatic rings. The van der Waals surface area contributed by atoms with Crippen LogP contribution < -0.4 is 10.2 Å². The molecular formula is C20H30N4O. The van der Waals surface area contributed by atoms with Crippen LogP contribution in [0.15, 0.2) is 24.4 Å². The molecule has 2 bridgehead atoms. The predicted molar refractivity (Wildman–Crippen MR) is 99.4 cm³/mol. The largest absolute Gasteiger partial charge is 0.354 e. The van der Waals surface area contributed by atoms with Crippen LogP contribution in [0.1, 0.15) is 32.6 Å². The van der Waals surface area contributed by atoms with E-state index in [9.17, 15) is 4.79 Å². The van der Waals surface area contributed by atoms with Crippen LogP contribution in [0.2, 0.25) is 0 Å². The molecule has 2 aliphatic carbocycles. The van der Waals surface area contributed by atoms with E-state index in [1.165, 1.54) is 25.7 Å². The molecular weight excluding hydrogens is 312 g/mol. The summed E-state index contributed by atoms with van der Waals surface area (Å²) in [4.78, 5) is 21.4. The summed E-state index contributed by atoms with van der Waals surface area (Å²) in [5.74, 6) is 3.75. The number of carbonyl (C=O) groups excluding carboxylic acids is 1. The smallest absolute Gasteiger partial charge is 0.234 e. The number of hydrogen-bond donors (Lipinski definition) is 1. The first-order chi connectivity index (χ1) is 12.2. The zero-order valence-electron chi connectivity index (χ0n) is 15.2. The van der Waals surface area contributed by atoms with Gasteiger partial charge in [0, 0.05) is 38.4 Å². The molecule has 4 rings (SSSR count). The van der Waals surface area contributed by atoms with Gasteiger partial charge in [0.05, 0.1) is 6.54 Å². The molecule has 5 heteroatoms. The Balaban J connectivity index is 1.21. The number of amides is 1. The van der Waals surface area contributed by atoms with E-state index in [2.05, 4.69) is 33.1 Å². The van der Waals surface area contributed by atoms with Gasteiger partial charge in [0.2, 0.25) is 5.91 Å². The van der Waals surface area contributed by atoms with E-state index < -0.39 is 0 Å². The summed E-state index contributed by atoms with van der Waals surface area (Å²) in [6, 6.07) is 6.36. The van der Waals surface area contributed by atoms with Gasteiger partial charge in [-0.25, -0.2) is 4.98 Å². The fourth-order valence-electron chi connectivity index (χ4n) is 5.19. The zero-order valence-corrected chi connectivity index (χ0v) is 15.2. The highest BCUT2D eigenvalue weighted by Gasteiger charge is 2.42. The van der Waals surface area contributed by atoms with Crippen molar-refractivity contribution in [3.8, 4) is 0 Å².